The van der Waals surface area contributed by atoms with E-state index in [-0.39, 0.29) is 0 Å². The van der Waals surface area contributed by atoms with Crippen LogP contribution in [0, 0.1) is 13.8 Å². The first kappa shape index (κ1) is 11.0. The number of hydrogen-bond donors (Lipinski definition) is 3. The minimum atomic E-state index is -1.80. The third-order valence-corrected chi connectivity index (χ3v) is 2.26. The molecule has 0 saturated carbocycles. The van der Waals surface area contributed by atoms with Crippen molar-refractivity contribution in [3.63, 3.8) is 0 Å². The monoisotopic (exact) mass is 195 g/mol. The van der Waals surface area contributed by atoms with E-state index in [4.69, 9.17) is 20.4 Å². The molecule has 4 nitrogen and oxygen atoms in total. The molecule has 76 valence electrons. The molecule has 14 heavy (non-hydrogen) atoms. The van der Waals surface area contributed by atoms with Gasteiger partial charge in [0.25, 0.3) is 0 Å². The predicted molar refractivity (Wildman–Crippen MR) is 54.6 cm³/mol. The fraction of sp³-hybridized carbons (Fsp3) is 0.333. The Labute approximate surface area is 83.5 Å². The predicted octanol–water partition coefficient (Wildman–Crippen LogP) is 0.110. The largest absolute Gasteiger partial charge is 0.707 e. The van der Waals surface area contributed by atoms with Crippen LogP contribution in [-0.2, 0) is 6.54 Å². The lowest BCUT2D eigenvalue weighted by molar-refractivity contribution is 0.287. The smallest absolute Gasteiger partial charge is 0.512 e. The van der Waals surface area contributed by atoms with Crippen molar-refractivity contribution < 1.29 is 14.7 Å². The van der Waals surface area contributed by atoms with Gasteiger partial charge < -0.3 is 20.4 Å². The first-order valence-electron chi connectivity index (χ1n) is 4.38. The van der Waals surface area contributed by atoms with Crippen LogP contribution in [0.1, 0.15) is 16.7 Å². The third-order valence-electron chi connectivity index (χ3n) is 2.26. The molecule has 0 aromatic heterocycles. The molecular weight excluding hydrogens is 181 g/mol. The number of rotatable bonds is 3. The highest BCUT2D eigenvalue weighted by Gasteiger charge is 2.15. The second-order valence-corrected chi connectivity index (χ2v) is 3.13. The fourth-order valence-electron chi connectivity index (χ4n) is 1.33. The van der Waals surface area contributed by atoms with E-state index in [9.17, 15) is 0 Å². The molecule has 0 bridgehead atoms. The SMILES string of the molecule is Cc1ccc(OB(O)O)c(CN)c1C. The highest BCUT2D eigenvalue weighted by atomic mass is 16.6. The molecule has 0 aliphatic heterocycles. The Kier molecular flexibility index (Phi) is 3.52. The molecule has 0 spiro atoms. The maximum atomic E-state index is 8.68. The lowest BCUT2D eigenvalue weighted by Gasteiger charge is -2.13. The highest BCUT2D eigenvalue weighted by Crippen LogP contribution is 2.24. The number of hydrogen-bond acceptors (Lipinski definition) is 4. The van der Waals surface area contributed by atoms with Crippen LogP contribution in [0.15, 0.2) is 12.1 Å². The van der Waals surface area contributed by atoms with Gasteiger partial charge >= 0.3 is 7.32 Å². The molecule has 0 radical (unpaired) electrons. The van der Waals surface area contributed by atoms with Crippen molar-refractivity contribution in [2.45, 2.75) is 20.4 Å². The van der Waals surface area contributed by atoms with Gasteiger partial charge in [-0.2, -0.15) is 0 Å². The molecule has 1 aromatic rings. The molecule has 5 heteroatoms. The molecule has 0 fully saturated rings. The van der Waals surface area contributed by atoms with E-state index in [1.165, 1.54) is 0 Å². The summed E-state index contributed by atoms with van der Waals surface area (Å²) in [4.78, 5) is 0. The topological polar surface area (TPSA) is 75.7 Å². The molecule has 0 unspecified atom stereocenters. The van der Waals surface area contributed by atoms with Crippen LogP contribution in [-0.4, -0.2) is 17.4 Å². The number of nitrogens with two attached hydrogens (primary N) is 1. The Morgan fingerprint density at radius 1 is 1.36 bits per heavy atom. The zero-order valence-electron chi connectivity index (χ0n) is 8.32. The first-order chi connectivity index (χ1) is 6.56. The van der Waals surface area contributed by atoms with E-state index in [2.05, 4.69) is 0 Å². The van der Waals surface area contributed by atoms with Gasteiger partial charge in [0.1, 0.15) is 5.75 Å². The minimum absolute atomic E-state index is 0.315. The Morgan fingerprint density at radius 3 is 2.50 bits per heavy atom. The molecule has 0 atom stereocenters. The summed E-state index contributed by atoms with van der Waals surface area (Å²) in [6, 6.07) is 3.54. The number of benzene rings is 1. The van der Waals surface area contributed by atoms with Crippen molar-refractivity contribution in [3.05, 3.63) is 28.8 Å². The molecule has 0 aliphatic rings. The average Bonchev–Trinajstić information content (AvgIpc) is 2.11. The van der Waals surface area contributed by atoms with Gasteiger partial charge in [-0.05, 0) is 31.0 Å². The molecule has 0 aliphatic carbocycles. The van der Waals surface area contributed by atoms with Gasteiger partial charge in [-0.15, -0.1) is 0 Å². The fourth-order valence-corrected chi connectivity index (χ4v) is 1.33. The summed E-state index contributed by atoms with van der Waals surface area (Å²) >= 11 is 0. The van der Waals surface area contributed by atoms with Crippen LogP contribution < -0.4 is 10.4 Å². The Morgan fingerprint density at radius 2 is 2.00 bits per heavy atom. The molecule has 1 aromatic carbocycles. The van der Waals surface area contributed by atoms with Crippen molar-refractivity contribution in [3.8, 4) is 5.75 Å². The van der Waals surface area contributed by atoms with Crippen LogP contribution in [0.25, 0.3) is 0 Å². The lowest BCUT2D eigenvalue weighted by Crippen LogP contribution is -2.22. The Hall–Kier alpha value is -1.04. The van der Waals surface area contributed by atoms with E-state index in [0.717, 1.165) is 16.7 Å². The second kappa shape index (κ2) is 4.46. The van der Waals surface area contributed by atoms with Crippen LogP contribution in [0.3, 0.4) is 0 Å². The first-order valence-corrected chi connectivity index (χ1v) is 4.38. The van der Waals surface area contributed by atoms with Gasteiger partial charge in [-0.25, -0.2) is 0 Å². The van der Waals surface area contributed by atoms with Gasteiger partial charge in [-0.1, -0.05) is 6.07 Å². The maximum absolute atomic E-state index is 8.68. The van der Waals surface area contributed by atoms with E-state index in [1.54, 1.807) is 6.07 Å². The minimum Gasteiger partial charge on any atom is -0.512 e. The van der Waals surface area contributed by atoms with E-state index < -0.39 is 7.32 Å². The summed E-state index contributed by atoms with van der Waals surface area (Å²) in [7, 11) is -1.80. The average molecular weight is 195 g/mol. The summed E-state index contributed by atoms with van der Waals surface area (Å²) in [5.74, 6) is 0.422. The van der Waals surface area contributed by atoms with Crippen LogP contribution in [0.5, 0.6) is 5.75 Å². The van der Waals surface area contributed by atoms with Crippen molar-refractivity contribution in [1.82, 2.24) is 0 Å². The van der Waals surface area contributed by atoms with Gasteiger partial charge in [0.2, 0.25) is 0 Å². The van der Waals surface area contributed by atoms with E-state index in [1.807, 2.05) is 19.9 Å². The normalized spacial score (nSPS) is 10.1. The van der Waals surface area contributed by atoms with Crippen LogP contribution >= 0.6 is 0 Å². The summed E-state index contributed by atoms with van der Waals surface area (Å²) in [6.45, 7) is 4.21. The maximum Gasteiger partial charge on any atom is 0.707 e. The van der Waals surface area contributed by atoms with Crippen molar-refractivity contribution in [2.75, 3.05) is 0 Å². The van der Waals surface area contributed by atoms with Crippen LogP contribution in [0.2, 0.25) is 0 Å². The van der Waals surface area contributed by atoms with E-state index >= 15 is 0 Å². The Bertz CT molecular complexity index is 328. The quantitative estimate of drug-likeness (QED) is 0.598. The summed E-state index contributed by atoms with van der Waals surface area (Å²) in [6.07, 6.45) is 0. The van der Waals surface area contributed by atoms with Crippen molar-refractivity contribution >= 4 is 7.32 Å². The molecule has 0 amide bonds. The van der Waals surface area contributed by atoms with Crippen molar-refractivity contribution in [2.24, 2.45) is 5.73 Å². The molecule has 0 saturated heterocycles. The van der Waals surface area contributed by atoms with E-state index in [0.29, 0.717) is 12.3 Å². The lowest BCUT2D eigenvalue weighted by atomic mass is 10.0. The zero-order chi connectivity index (χ0) is 10.7. The molecular formula is C9H14BNO3. The van der Waals surface area contributed by atoms with Gasteiger partial charge in [-0.3, -0.25) is 0 Å². The standard InChI is InChI=1S/C9H14BNO3/c1-6-3-4-9(14-10(12)13)8(5-11)7(6)2/h3-4,12-13H,5,11H2,1-2H3. The Balaban J connectivity index is 3.10. The highest BCUT2D eigenvalue weighted by molar-refractivity contribution is 6.33. The second-order valence-electron chi connectivity index (χ2n) is 3.13. The van der Waals surface area contributed by atoms with Gasteiger partial charge in [0.15, 0.2) is 0 Å². The van der Waals surface area contributed by atoms with Gasteiger partial charge in [0.05, 0.1) is 0 Å². The van der Waals surface area contributed by atoms with Gasteiger partial charge in [0, 0.05) is 12.1 Å². The summed E-state index contributed by atoms with van der Waals surface area (Å²) in [5, 5.41) is 17.4. The molecule has 4 N–H and O–H groups in total. The number of aryl methyl sites for hydroxylation is 1. The van der Waals surface area contributed by atoms with Crippen molar-refractivity contribution in [1.29, 1.82) is 0 Å². The summed E-state index contributed by atoms with van der Waals surface area (Å²) < 4.78 is 4.80. The molecule has 0 heterocycles. The molecule has 1 rings (SSSR count). The van der Waals surface area contributed by atoms with Crippen LogP contribution in [0.4, 0.5) is 0 Å². The third kappa shape index (κ3) is 2.26. The zero-order valence-corrected chi connectivity index (χ0v) is 8.32. The summed E-state index contributed by atoms with van der Waals surface area (Å²) in [5.41, 5.74) is 8.48.